The number of aromatic nitrogens is 1. The Kier molecular flexibility index (Phi) is 3.80. The molecule has 0 atom stereocenters. The molecule has 2 N–H and O–H groups in total. The summed E-state index contributed by atoms with van der Waals surface area (Å²) in [6.45, 7) is 1.87. The van der Waals surface area contributed by atoms with E-state index >= 15 is 0 Å². The highest BCUT2D eigenvalue weighted by atomic mass is 35.5. The van der Waals surface area contributed by atoms with Gasteiger partial charge in [0.15, 0.2) is 0 Å². The summed E-state index contributed by atoms with van der Waals surface area (Å²) in [5, 5.41) is 6.80. The molecule has 1 aromatic carbocycles. The Morgan fingerprint density at radius 3 is 2.76 bits per heavy atom. The quantitative estimate of drug-likeness (QED) is 0.901. The van der Waals surface area contributed by atoms with E-state index in [0.717, 1.165) is 11.3 Å². The molecule has 1 amide bonds. The number of amides is 1. The maximum atomic E-state index is 12.2. The SMILES string of the molecule is Cc1c(Cl)cccc1NC(=O)c1ccc(NC2CC2)cn1. The van der Waals surface area contributed by atoms with Crippen molar-refractivity contribution < 1.29 is 4.79 Å². The van der Waals surface area contributed by atoms with Crippen LogP contribution in [0, 0.1) is 6.92 Å². The lowest BCUT2D eigenvalue weighted by molar-refractivity contribution is 0.102. The maximum Gasteiger partial charge on any atom is 0.274 e. The third-order valence-electron chi connectivity index (χ3n) is 3.46. The lowest BCUT2D eigenvalue weighted by Gasteiger charge is -2.09. The van der Waals surface area contributed by atoms with E-state index in [0.29, 0.717) is 22.4 Å². The Morgan fingerprint density at radius 2 is 2.10 bits per heavy atom. The fourth-order valence-corrected chi connectivity index (χ4v) is 2.18. The summed E-state index contributed by atoms with van der Waals surface area (Å²) in [7, 11) is 0. The molecule has 108 valence electrons. The molecule has 0 unspecified atom stereocenters. The van der Waals surface area contributed by atoms with Crippen LogP contribution in [0.5, 0.6) is 0 Å². The standard InChI is InChI=1S/C16H16ClN3O/c1-10-13(17)3-2-4-14(10)20-16(21)15-8-7-12(9-18-15)19-11-5-6-11/h2-4,7-9,11,19H,5-6H2,1H3,(H,20,21). The van der Waals surface area contributed by atoms with Crippen molar-refractivity contribution in [1.82, 2.24) is 4.98 Å². The average Bonchev–Trinajstić information content (AvgIpc) is 3.28. The molecule has 0 saturated heterocycles. The van der Waals surface area contributed by atoms with Crippen LogP contribution in [0.3, 0.4) is 0 Å². The lowest BCUT2D eigenvalue weighted by Crippen LogP contribution is -2.14. The number of carbonyl (C=O) groups is 1. The zero-order valence-corrected chi connectivity index (χ0v) is 12.4. The van der Waals surface area contributed by atoms with Crippen LogP contribution < -0.4 is 10.6 Å². The first-order valence-electron chi connectivity index (χ1n) is 6.92. The Balaban J connectivity index is 1.70. The molecule has 21 heavy (non-hydrogen) atoms. The van der Waals surface area contributed by atoms with Crippen LogP contribution in [0.1, 0.15) is 28.9 Å². The highest BCUT2D eigenvalue weighted by Gasteiger charge is 2.20. The molecular formula is C16H16ClN3O. The molecule has 0 bridgehead atoms. The molecule has 4 nitrogen and oxygen atoms in total. The molecule has 1 aliphatic carbocycles. The van der Waals surface area contributed by atoms with Crippen molar-refractivity contribution in [3.63, 3.8) is 0 Å². The second-order valence-electron chi connectivity index (χ2n) is 5.22. The van der Waals surface area contributed by atoms with Gasteiger partial charge in [0.25, 0.3) is 5.91 Å². The van der Waals surface area contributed by atoms with E-state index in [9.17, 15) is 4.79 Å². The van der Waals surface area contributed by atoms with Crippen molar-refractivity contribution in [2.75, 3.05) is 10.6 Å². The van der Waals surface area contributed by atoms with E-state index in [1.165, 1.54) is 12.8 Å². The normalized spacial score (nSPS) is 13.8. The summed E-state index contributed by atoms with van der Waals surface area (Å²) in [6, 6.07) is 9.60. The van der Waals surface area contributed by atoms with E-state index in [2.05, 4.69) is 15.6 Å². The van der Waals surface area contributed by atoms with E-state index in [-0.39, 0.29) is 5.91 Å². The molecular weight excluding hydrogens is 286 g/mol. The van der Waals surface area contributed by atoms with Crippen LogP contribution in [0.25, 0.3) is 0 Å². The molecule has 1 saturated carbocycles. The van der Waals surface area contributed by atoms with Gasteiger partial charge in [-0.15, -0.1) is 0 Å². The molecule has 1 aromatic heterocycles. The van der Waals surface area contributed by atoms with Crippen LogP contribution in [-0.4, -0.2) is 16.9 Å². The molecule has 0 aliphatic heterocycles. The van der Waals surface area contributed by atoms with Crippen molar-refractivity contribution in [2.24, 2.45) is 0 Å². The fourth-order valence-electron chi connectivity index (χ4n) is 2.01. The topological polar surface area (TPSA) is 54.0 Å². The summed E-state index contributed by atoms with van der Waals surface area (Å²) in [6.07, 6.45) is 4.10. The number of carbonyl (C=O) groups excluding carboxylic acids is 1. The van der Waals surface area contributed by atoms with E-state index in [4.69, 9.17) is 11.6 Å². The number of rotatable bonds is 4. The highest BCUT2D eigenvalue weighted by molar-refractivity contribution is 6.31. The van der Waals surface area contributed by atoms with Gasteiger partial charge in [0.2, 0.25) is 0 Å². The van der Waals surface area contributed by atoms with Gasteiger partial charge in [-0.3, -0.25) is 4.79 Å². The van der Waals surface area contributed by atoms with Gasteiger partial charge in [-0.2, -0.15) is 0 Å². The minimum Gasteiger partial charge on any atom is -0.381 e. The minimum atomic E-state index is -0.238. The monoisotopic (exact) mass is 301 g/mol. The summed E-state index contributed by atoms with van der Waals surface area (Å²) in [4.78, 5) is 16.4. The number of hydrogen-bond acceptors (Lipinski definition) is 3. The van der Waals surface area contributed by atoms with Gasteiger partial charge in [-0.05, 0) is 49.6 Å². The number of hydrogen-bond donors (Lipinski definition) is 2. The number of nitrogens with zero attached hydrogens (tertiary/aromatic N) is 1. The number of nitrogens with one attached hydrogen (secondary N) is 2. The van der Waals surface area contributed by atoms with Gasteiger partial charge < -0.3 is 10.6 Å². The van der Waals surface area contributed by atoms with Crippen LogP contribution in [0.4, 0.5) is 11.4 Å². The minimum absolute atomic E-state index is 0.238. The zero-order chi connectivity index (χ0) is 14.8. The molecule has 0 radical (unpaired) electrons. The Morgan fingerprint density at radius 1 is 1.29 bits per heavy atom. The first-order chi connectivity index (χ1) is 10.1. The summed E-state index contributed by atoms with van der Waals surface area (Å²) in [5.74, 6) is -0.238. The smallest absolute Gasteiger partial charge is 0.274 e. The second kappa shape index (κ2) is 5.74. The maximum absolute atomic E-state index is 12.2. The van der Waals surface area contributed by atoms with Crippen molar-refractivity contribution in [3.8, 4) is 0 Å². The highest BCUT2D eigenvalue weighted by Crippen LogP contribution is 2.25. The lowest BCUT2D eigenvalue weighted by atomic mass is 10.2. The van der Waals surface area contributed by atoms with Gasteiger partial charge in [-0.1, -0.05) is 17.7 Å². The van der Waals surface area contributed by atoms with Crippen molar-refractivity contribution in [3.05, 3.63) is 52.8 Å². The molecule has 1 aliphatic rings. The first kappa shape index (κ1) is 13.9. The summed E-state index contributed by atoms with van der Waals surface area (Å²) in [5.41, 5.74) is 2.89. The Hall–Kier alpha value is -2.07. The summed E-state index contributed by atoms with van der Waals surface area (Å²) < 4.78 is 0. The second-order valence-corrected chi connectivity index (χ2v) is 5.62. The molecule has 1 fully saturated rings. The average molecular weight is 302 g/mol. The number of pyridine rings is 1. The Labute approximate surface area is 128 Å². The van der Waals surface area contributed by atoms with Gasteiger partial charge in [0.05, 0.1) is 11.9 Å². The number of benzene rings is 1. The van der Waals surface area contributed by atoms with Gasteiger partial charge in [0, 0.05) is 16.8 Å². The van der Waals surface area contributed by atoms with E-state index in [1.807, 2.05) is 19.1 Å². The molecule has 1 heterocycles. The van der Waals surface area contributed by atoms with Crippen molar-refractivity contribution >= 4 is 28.9 Å². The third kappa shape index (κ3) is 3.34. The Bertz CT molecular complexity index is 666. The molecule has 0 spiro atoms. The first-order valence-corrected chi connectivity index (χ1v) is 7.30. The van der Waals surface area contributed by atoms with Crippen molar-refractivity contribution in [2.45, 2.75) is 25.8 Å². The number of anilines is 2. The predicted octanol–water partition coefficient (Wildman–Crippen LogP) is 3.87. The summed E-state index contributed by atoms with van der Waals surface area (Å²) >= 11 is 6.04. The number of halogens is 1. The predicted molar refractivity (Wildman–Crippen MR) is 85.0 cm³/mol. The fraction of sp³-hybridized carbons (Fsp3) is 0.250. The van der Waals surface area contributed by atoms with Gasteiger partial charge in [0.1, 0.15) is 5.69 Å². The van der Waals surface area contributed by atoms with Crippen LogP contribution in [-0.2, 0) is 0 Å². The molecule has 2 aromatic rings. The molecule has 3 rings (SSSR count). The van der Waals surface area contributed by atoms with Crippen LogP contribution in [0.15, 0.2) is 36.5 Å². The van der Waals surface area contributed by atoms with Crippen LogP contribution >= 0.6 is 11.6 Å². The van der Waals surface area contributed by atoms with Crippen LogP contribution in [0.2, 0.25) is 5.02 Å². The van der Waals surface area contributed by atoms with Crippen molar-refractivity contribution in [1.29, 1.82) is 0 Å². The van der Waals surface area contributed by atoms with E-state index in [1.54, 1.807) is 24.4 Å². The van der Waals surface area contributed by atoms with Gasteiger partial charge >= 0.3 is 0 Å². The van der Waals surface area contributed by atoms with E-state index < -0.39 is 0 Å². The van der Waals surface area contributed by atoms with Gasteiger partial charge in [-0.25, -0.2) is 4.98 Å². The third-order valence-corrected chi connectivity index (χ3v) is 3.87. The molecule has 5 heteroatoms. The largest absolute Gasteiger partial charge is 0.381 e. The zero-order valence-electron chi connectivity index (χ0n) is 11.7.